The molecule has 2 saturated carbocycles. The van der Waals surface area contributed by atoms with Crippen LogP contribution in [-0.2, 0) is 23.1 Å². The lowest BCUT2D eigenvalue weighted by Crippen LogP contribution is -2.23. The monoisotopic (exact) mass is 377 g/mol. The molecule has 2 fully saturated rings. The van der Waals surface area contributed by atoms with Gasteiger partial charge in [0.1, 0.15) is 5.78 Å². The molecule has 4 heteroatoms. The molecule has 5 rings (SSSR count). The molecular formula is C24H27NO3. The number of Topliss-reactive ketones (excluding diaryl/α,β-unsaturated/α-hetero) is 1. The Hall–Kier alpha value is -2.36. The Morgan fingerprint density at radius 3 is 2.61 bits per heavy atom. The Balaban J connectivity index is 1.29. The largest absolute Gasteiger partial charge is 0.454 e. The third kappa shape index (κ3) is 3.41. The number of rotatable bonds is 6. The highest BCUT2D eigenvalue weighted by molar-refractivity contribution is 5.94. The van der Waals surface area contributed by atoms with Gasteiger partial charge in [-0.2, -0.15) is 0 Å². The van der Waals surface area contributed by atoms with Crippen LogP contribution in [0.25, 0.3) is 0 Å². The van der Waals surface area contributed by atoms with Crippen molar-refractivity contribution in [2.24, 2.45) is 5.92 Å². The van der Waals surface area contributed by atoms with Crippen molar-refractivity contribution in [1.29, 1.82) is 0 Å². The van der Waals surface area contributed by atoms with E-state index in [9.17, 15) is 4.79 Å². The third-order valence-corrected chi connectivity index (χ3v) is 6.64. The third-order valence-electron chi connectivity index (χ3n) is 6.64. The van der Waals surface area contributed by atoms with E-state index in [0.29, 0.717) is 6.42 Å². The Bertz CT molecular complexity index is 881. The number of aromatic nitrogens is 1. The standard InChI is InChI=1S/C24H27NO3/c26-23(24(11-12-24)18-9-10-21-22(14-18)28-16-27-21)15-20-8-4-7-19(25-20)13-17-5-2-1-3-6-17/h4,7-10,14,17H,1-3,5-6,11-13,15-16H2. The van der Waals surface area contributed by atoms with Gasteiger partial charge in [-0.25, -0.2) is 0 Å². The summed E-state index contributed by atoms with van der Waals surface area (Å²) in [5.41, 5.74) is 2.75. The van der Waals surface area contributed by atoms with Gasteiger partial charge in [-0.3, -0.25) is 9.78 Å². The molecule has 1 aliphatic heterocycles. The minimum atomic E-state index is -0.359. The zero-order chi connectivity index (χ0) is 19.0. The van der Waals surface area contributed by atoms with E-state index in [0.717, 1.165) is 53.6 Å². The second-order valence-corrected chi connectivity index (χ2v) is 8.58. The molecule has 0 N–H and O–H groups in total. The van der Waals surface area contributed by atoms with Crippen LogP contribution in [-0.4, -0.2) is 17.6 Å². The molecule has 2 heterocycles. The van der Waals surface area contributed by atoms with Crippen LogP contribution in [0.3, 0.4) is 0 Å². The number of ether oxygens (including phenoxy) is 2. The topological polar surface area (TPSA) is 48.4 Å². The molecule has 0 spiro atoms. The van der Waals surface area contributed by atoms with Crippen LogP contribution in [0.2, 0.25) is 0 Å². The van der Waals surface area contributed by atoms with Gasteiger partial charge in [0.25, 0.3) is 0 Å². The van der Waals surface area contributed by atoms with E-state index in [4.69, 9.17) is 14.5 Å². The van der Waals surface area contributed by atoms with Crippen LogP contribution >= 0.6 is 0 Å². The maximum absolute atomic E-state index is 13.2. The Kier molecular flexibility index (Phi) is 4.58. The molecule has 146 valence electrons. The highest BCUT2D eigenvalue weighted by Gasteiger charge is 2.50. The normalized spacial score (nSPS) is 20.1. The Morgan fingerprint density at radius 1 is 1.00 bits per heavy atom. The summed E-state index contributed by atoms with van der Waals surface area (Å²) in [7, 11) is 0. The summed E-state index contributed by atoms with van der Waals surface area (Å²) < 4.78 is 10.9. The number of carbonyl (C=O) groups is 1. The summed E-state index contributed by atoms with van der Waals surface area (Å²) >= 11 is 0. The van der Waals surface area contributed by atoms with Gasteiger partial charge in [-0.05, 0) is 55.0 Å². The number of hydrogen-bond donors (Lipinski definition) is 0. The SMILES string of the molecule is O=C(Cc1cccc(CC2CCCCC2)n1)C1(c2ccc3c(c2)OCO3)CC1. The molecule has 4 nitrogen and oxygen atoms in total. The van der Waals surface area contributed by atoms with Crippen LogP contribution in [0, 0.1) is 5.92 Å². The summed E-state index contributed by atoms with van der Waals surface area (Å²) in [5, 5.41) is 0. The quantitative estimate of drug-likeness (QED) is 0.727. The van der Waals surface area contributed by atoms with Gasteiger partial charge < -0.3 is 9.47 Å². The van der Waals surface area contributed by atoms with Gasteiger partial charge in [-0.15, -0.1) is 0 Å². The molecule has 0 unspecified atom stereocenters. The number of hydrogen-bond acceptors (Lipinski definition) is 4. The van der Waals surface area contributed by atoms with Crippen molar-refractivity contribution in [2.45, 2.75) is 63.2 Å². The number of pyridine rings is 1. The van der Waals surface area contributed by atoms with Crippen molar-refractivity contribution in [2.75, 3.05) is 6.79 Å². The molecule has 0 amide bonds. The van der Waals surface area contributed by atoms with Gasteiger partial charge in [-0.1, -0.05) is 44.2 Å². The smallest absolute Gasteiger partial charge is 0.231 e. The van der Waals surface area contributed by atoms with Crippen molar-refractivity contribution < 1.29 is 14.3 Å². The fraction of sp³-hybridized carbons (Fsp3) is 0.500. The first-order valence-electron chi connectivity index (χ1n) is 10.6. The van der Waals surface area contributed by atoms with Crippen molar-refractivity contribution in [3.63, 3.8) is 0 Å². The first-order chi connectivity index (χ1) is 13.7. The second kappa shape index (κ2) is 7.23. The minimum absolute atomic E-state index is 0.261. The van der Waals surface area contributed by atoms with Crippen LogP contribution in [0.15, 0.2) is 36.4 Å². The highest BCUT2D eigenvalue weighted by Crippen LogP contribution is 2.51. The fourth-order valence-corrected chi connectivity index (χ4v) is 4.81. The Morgan fingerprint density at radius 2 is 1.79 bits per heavy atom. The summed E-state index contributed by atoms with van der Waals surface area (Å²) in [6, 6.07) is 12.1. The zero-order valence-corrected chi connectivity index (χ0v) is 16.3. The molecule has 2 aromatic rings. The summed E-state index contributed by atoms with van der Waals surface area (Å²) in [6.45, 7) is 0.261. The molecule has 0 atom stereocenters. The maximum Gasteiger partial charge on any atom is 0.231 e. The molecule has 1 aromatic carbocycles. The molecular weight excluding hydrogens is 350 g/mol. The predicted molar refractivity (Wildman–Crippen MR) is 107 cm³/mol. The van der Waals surface area contributed by atoms with Gasteiger partial charge in [0.05, 0.1) is 5.41 Å². The van der Waals surface area contributed by atoms with Gasteiger partial charge in [0, 0.05) is 17.8 Å². The van der Waals surface area contributed by atoms with E-state index in [1.807, 2.05) is 24.3 Å². The molecule has 3 aliphatic rings. The van der Waals surface area contributed by atoms with E-state index < -0.39 is 0 Å². The summed E-state index contributed by atoms with van der Waals surface area (Å²) in [4.78, 5) is 18.0. The van der Waals surface area contributed by atoms with Gasteiger partial charge >= 0.3 is 0 Å². The number of carbonyl (C=O) groups excluding carboxylic acids is 1. The lowest BCUT2D eigenvalue weighted by Gasteiger charge is -2.21. The van der Waals surface area contributed by atoms with E-state index >= 15 is 0 Å². The molecule has 0 radical (unpaired) electrons. The van der Waals surface area contributed by atoms with E-state index in [1.165, 1.54) is 32.1 Å². The Labute approximate surface area is 166 Å². The van der Waals surface area contributed by atoms with Crippen molar-refractivity contribution in [1.82, 2.24) is 4.98 Å². The maximum atomic E-state index is 13.2. The molecule has 0 bridgehead atoms. The van der Waals surface area contributed by atoms with Crippen molar-refractivity contribution in [3.8, 4) is 11.5 Å². The predicted octanol–water partition coefficient (Wildman–Crippen LogP) is 4.78. The van der Waals surface area contributed by atoms with E-state index in [2.05, 4.69) is 12.1 Å². The number of nitrogens with zero attached hydrogens (tertiary/aromatic N) is 1. The molecule has 1 aromatic heterocycles. The van der Waals surface area contributed by atoms with Crippen molar-refractivity contribution in [3.05, 3.63) is 53.3 Å². The number of fused-ring (bicyclic) bond motifs is 1. The average Bonchev–Trinajstić information content (AvgIpc) is 3.40. The summed E-state index contributed by atoms with van der Waals surface area (Å²) in [5.74, 6) is 2.55. The second-order valence-electron chi connectivity index (χ2n) is 8.58. The van der Waals surface area contributed by atoms with Crippen LogP contribution < -0.4 is 9.47 Å². The molecule has 2 aliphatic carbocycles. The van der Waals surface area contributed by atoms with Crippen LogP contribution in [0.5, 0.6) is 11.5 Å². The number of ketones is 1. The van der Waals surface area contributed by atoms with Gasteiger partial charge in [0.15, 0.2) is 11.5 Å². The molecule has 0 saturated heterocycles. The van der Waals surface area contributed by atoms with E-state index in [1.54, 1.807) is 0 Å². The number of benzene rings is 1. The van der Waals surface area contributed by atoms with E-state index in [-0.39, 0.29) is 18.0 Å². The van der Waals surface area contributed by atoms with Crippen LogP contribution in [0.1, 0.15) is 61.9 Å². The van der Waals surface area contributed by atoms with Crippen LogP contribution in [0.4, 0.5) is 0 Å². The highest BCUT2D eigenvalue weighted by atomic mass is 16.7. The zero-order valence-electron chi connectivity index (χ0n) is 16.3. The fourth-order valence-electron chi connectivity index (χ4n) is 4.81. The first-order valence-corrected chi connectivity index (χ1v) is 10.6. The van der Waals surface area contributed by atoms with Crippen molar-refractivity contribution >= 4 is 5.78 Å². The summed E-state index contributed by atoms with van der Waals surface area (Å²) in [6.07, 6.45) is 9.99. The lowest BCUT2D eigenvalue weighted by molar-refractivity contribution is -0.120. The lowest BCUT2D eigenvalue weighted by atomic mass is 9.86. The van der Waals surface area contributed by atoms with Gasteiger partial charge in [0.2, 0.25) is 6.79 Å². The average molecular weight is 377 g/mol. The molecule has 28 heavy (non-hydrogen) atoms. The minimum Gasteiger partial charge on any atom is -0.454 e. The first kappa shape index (κ1) is 17.7.